The zero-order valence-corrected chi connectivity index (χ0v) is 12.2. The number of carbonyl (C=O) groups excluding carboxylic acids is 1. The van der Waals surface area contributed by atoms with Crippen LogP contribution in [0.5, 0.6) is 0 Å². The number of nitrogens with zero attached hydrogens (tertiary/aromatic N) is 2. The minimum Gasteiger partial charge on any atom is -0.334 e. The number of rotatable bonds is 0. The first-order valence-corrected chi connectivity index (χ1v) is 7.82. The average molecular weight is 288 g/mol. The van der Waals surface area contributed by atoms with Crippen molar-refractivity contribution < 1.29 is 4.79 Å². The van der Waals surface area contributed by atoms with Crippen LogP contribution in [0, 0.1) is 0 Å². The largest absolute Gasteiger partial charge is 0.334 e. The van der Waals surface area contributed by atoms with Crippen molar-refractivity contribution in [3.8, 4) is 0 Å². The lowest BCUT2D eigenvalue weighted by molar-refractivity contribution is -0.129. The monoisotopic (exact) mass is 288 g/mol. The average Bonchev–Trinajstić information content (AvgIpc) is 3.07. The van der Waals surface area contributed by atoms with Crippen molar-refractivity contribution in [2.45, 2.75) is 24.3 Å². The molecule has 2 aromatic rings. The molecule has 2 aromatic carbocycles. The summed E-state index contributed by atoms with van der Waals surface area (Å²) in [5.74, 6) is 0.252. The molecule has 0 aliphatic carbocycles. The van der Waals surface area contributed by atoms with Gasteiger partial charge in [0.05, 0.1) is 17.1 Å². The van der Waals surface area contributed by atoms with Crippen LogP contribution in [0.4, 0.5) is 5.69 Å². The van der Waals surface area contributed by atoms with Crippen LogP contribution in [-0.2, 0) is 16.6 Å². The Morgan fingerprint density at radius 1 is 1.09 bits per heavy atom. The zero-order chi connectivity index (χ0) is 14.7. The number of carbonyl (C=O) groups is 1. The minimum atomic E-state index is -0.287. The summed E-state index contributed by atoms with van der Waals surface area (Å²) in [6.45, 7) is 0.818. The highest BCUT2D eigenvalue weighted by molar-refractivity contribution is 5.96. The van der Waals surface area contributed by atoms with Gasteiger partial charge in [0.15, 0.2) is 0 Å². The summed E-state index contributed by atoms with van der Waals surface area (Å²) in [5.41, 5.74) is 4.59. The maximum absolute atomic E-state index is 12.7. The fourth-order valence-electron chi connectivity index (χ4n) is 4.43. The van der Waals surface area contributed by atoms with Crippen molar-refractivity contribution in [3.05, 3.63) is 65.2 Å². The van der Waals surface area contributed by atoms with Gasteiger partial charge in [0.1, 0.15) is 0 Å². The molecule has 1 amide bonds. The Balaban J connectivity index is 1.77. The van der Waals surface area contributed by atoms with Crippen molar-refractivity contribution in [2.75, 3.05) is 6.54 Å². The first kappa shape index (κ1) is 12.2. The van der Waals surface area contributed by atoms with Crippen LogP contribution in [0.3, 0.4) is 0 Å². The van der Waals surface area contributed by atoms with Crippen molar-refractivity contribution in [3.63, 3.8) is 0 Å². The predicted octanol–water partition coefficient (Wildman–Crippen LogP) is 3.17. The quantitative estimate of drug-likeness (QED) is 0.733. The molecule has 3 heterocycles. The van der Waals surface area contributed by atoms with E-state index in [1.807, 2.05) is 18.3 Å². The standard InChI is InChI=1S/C19H16N2O/c22-17-11-19(12-20-16-8-4-3-7-15(16)19)18-14-6-2-1-5-13(14)9-10-21(17)18/h1-8,12,18H,9-11H2/t18-,19-/m1/s1. The molecule has 0 unspecified atom stereocenters. The third-order valence-corrected chi connectivity index (χ3v) is 5.37. The van der Waals surface area contributed by atoms with Gasteiger partial charge in [-0.05, 0) is 29.2 Å². The second kappa shape index (κ2) is 4.07. The molecule has 0 radical (unpaired) electrons. The second-order valence-corrected chi connectivity index (χ2v) is 6.43. The van der Waals surface area contributed by atoms with Crippen molar-refractivity contribution in [2.24, 2.45) is 4.99 Å². The molecule has 0 N–H and O–H groups in total. The summed E-state index contributed by atoms with van der Waals surface area (Å²) in [4.78, 5) is 19.3. The lowest BCUT2D eigenvalue weighted by atomic mass is 9.71. The molecule has 5 rings (SSSR count). The van der Waals surface area contributed by atoms with Gasteiger partial charge in [-0.15, -0.1) is 0 Å². The highest BCUT2D eigenvalue weighted by atomic mass is 16.2. The predicted molar refractivity (Wildman–Crippen MR) is 85.5 cm³/mol. The van der Waals surface area contributed by atoms with Gasteiger partial charge in [0.2, 0.25) is 5.91 Å². The van der Waals surface area contributed by atoms with Gasteiger partial charge in [-0.1, -0.05) is 42.5 Å². The summed E-state index contributed by atoms with van der Waals surface area (Å²) in [7, 11) is 0. The number of fused-ring (bicyclic) bond motifs is 6. The van der Waals surface area contributed by atoms with E-state index >= 15 is 0 Å². The Morgan fingerprint density at radius 3 is 2.86 bits per heavy atom. The van der Waals surface area contributed by atoms with Gasteiger partial charge in [-0.2, -0.15) is 0 Å². The molecule has 108 valence electrons. The number of hydrogen-bond acceptors (Lipinski definition) is 2. The van der Waals surface area contributed by atoms with Gasteiger partial charge in [-0.25, -0.2) is 0 Å². The first-order valence-electron chi connectivity index (χ1n) is 7.82. The van der Waals surface area contributed by atoms with E-state index in [0.717, 1.165) is 18.7 Å². The van der Waals surface area contributed by atoms with Crippen molar-refractivity contribution in [1.82, 2.24) is 4.90 Å². The van der Waals surface area contributed by atoms with E-state index in [-0.39, 0.29) is 17.4 Å². The van der Waals surface area contributed by atoms with Gasteiger partial charge >= 0.3 is 0 Å². The van der Waals surface area contributed by atoms with E-state index in [9.17, 15) is 4.79 Å². The Morgan fingerprint density at radius 2 is 1.91 bits per heavy atom. The van der Waals surface area contributed by atoms with E-state index < -0.39 is 0 Å². The van der Waals surface area contributed by atoms with E-state index in [1.54, 1.807) is 0 Å². The molecule has 0 saturated carbocycles. The lowest BCUT2D eigenvalue weighted by Gasteiger charge is -2.38. The van der Waals surface area contributed by atoms with Crippen LogP contribution >= 0.6 is 0 Å². The van der Waals surface area contributed by atoms with E-state index in [0.29, 0.717) is 6.42 Å². The first-order chi connectivity index (χ1) is 10.8. The van der Waals surface area contributed by atoms with E-state index in [2.05, 4.69) is 46.3 Å². The summed E-state index contributed by atoms with van der Waals surface area (Å²) in [5, 5.41) is 0. The van der Waals surface area contributed by atoms with Crippen LogP contribution in [0.1, 0.15) is 29.2 Å². The Bertz CT molecular complexity index is 826. The molecule has 2 atom stereocenters. The number of benzene rings is 2. The number of para-hydroxylation sites is 1. The maximum Gasteiger partial charge on any atom is 0.224 e. The Hall–Kier alpha value is -2.42. The lowest BCUT2D eigenvalue weighted by Crippen LogP contribution is -2.40. The third-order valence-electron chi connectivity index (χ3n) is 5.37. The van der Waals surface area contributed by atoms with Gasteiger partial charge in [-0.3, -0.25) is 9.79 Å². The van der Waals surface area contributed by atoms with Crippen LogP contribution in [0.15, 0.2) is 53.5 Å². The van der Waals surface area contributed by atoms with Crippen LogP contribution in [-0.4, -0.2) is 23.6 Å². The highest BCUT2D eigenvalue weighted by Gasteiger charge is 2.56. The third kappa shape index (κ3) is 1.36. The van der Waals surface area contributed by atoms with Gasteiger partial charge < -0.3 is 4.90 Å². The fourth-order valence-corrected chi connectivity index (χ4v) is 4.43. The topological polar surface area (TPSA) is 32.7 Å². The molecule has 0 aromatic heterocycles. The molecular formula is C19H16N2O. The fraction of sp³-hybridized carbons (Fsp3) is 0.263. The number of amides is 1. The molecule has 22 heavy (non-hydrogen) atoms. The number of hydrogen-bond donors (Lipinski definition) is 0. The van der Waals surface area contributed by atoms with E-state index in [4.69, 9.17) is 0 Å². The molecule has 3 aliphatic rings. The van der Waals surface area contributed by atoms with Crippen molar-refractivity contribution in [1.29, 1.82) is 0 Å². The SMILES string of the molecule is O=C1C[C@]2(C=Nc3ccccc32)[C@H]2c3ccccc3CCN12. The molecule has 1 fully saturated rings. The van der Waals surface area contributed by atoms with Crippen molar-refractivity contribution >= 4 is 17.8 Å². The molecule has 1 saturated heterocycles. The van der Waals surface area contributed by atoms with E-state index in [1.165, 1.54) is 16.7 Å². The molecule has 1 spiro atoms. The van der Waals surface area contributed by atoms with Gasteiger partial charge in [0, 0.05) is 19.2 Å². The summed E-state index contributed by atoms with van der Waals surface area (Å²) in [6.07, 6.45) is 3.52. The number of aliphatic imine (C=N–C) groups is 1. The zero-order valence-electron chi connectivity index (χ0n) is 12.2. The molecule has 3 aliphatic heterocycles. The second-order valence-electron chi connectivity index (χ2n) is 6.43. The van der Waals surface area contributed by atoms with Crippen LogP contribution < -0.4 is 0 Å². The molecule has 3 nitrogen and oxygen atoms in total. The normalized spacial score (nSPS) is 27.9. The smallest absolute Gasteiger partial charge is 0.224 e. The molecule has 3 heteroatoms. The van der Waals surface area contributed by atoms with Crippen LogP contribution in [0.2, 0.25) is 0 Å². The molecule has 0 bridgehead atoms. The summed E-state index contributed by atoms with van der Waals surface area (Å²) < 4.78 is 0. The molecular weight excluding hydrogens is 272 g/mol. The minimum absolute atomic E-state index is 0.0948. The van der Waals surface area contributed by atoms with Crippen LogP contribution in [0.25, 0.3) is 0 Å². The summed E-state index contributed by atoms with van der Waals surface area (Å²) >= 11 is 0. The Labute approximate surface area is 129 Å². The Kier molecular flexibility index (Phi) is 2.25. The van der Waals surface area contributed by atoms with Gasteiger partial charge in [0.25, 0.3) is 0 Å². The maximum atomic E-state index is 12.7. The summed E-state index contributed by atoms with van der Waals surface area (Å²) in [6, 6.07) is 16.9. The highest BCUT2D eigenvalue weighted by Crippen LogP contribution is 2.55.